The number of esters is 1. The lowest BCUT2D eigenvalue weighted by Gasteiger charge is -2.14. The monoisotopic (exact) mass is 418 g/mol. The van der Waals surface area contributed by atoms with E-state index in [0.29, 0.717) is 17.7 Å². The fourth-order valence-corrected chi connectivity index (χ4v) is 4.08. The number of amides is 1. The maximum atomic E-state index is 12.5. The van der Waals surface area contributed by atoms with Crippen molar-refractivity contribution in [3.63, 3.8) is 0 Å². The second-order valence-electron chi connectivity index (χ2n) is 7.74. The Labute approximate surface area is 183 Å². The summed E-state index contributed by atoms with van der Waals surface area (Å²) < 4.78 is 7.02. The van der Waals surface area contributed by atoms with Crippen molar-refractivity contribution in [1.29, 1.82) is 0 Å². The maximum Gasteiger partial charge on any atom is 0.337 e. The van der Waals surface area contributed by atoms with Crippen LogP contribution >= 0.6 is 0 Å². The molecule has 3 rings (SSSR count). The molecule has 0 saturated carbocycles. The molecule has 0 aliphatic carbocycles. The predicted molar refractivity (Wildman–Crippen MR) is 123 cm³/mol. The molecule has 2 N–H and O–H groups in total. The van der Waals surface area contributed by atoms with Gasteiger partial charge in [-0.05, 0) is 43.0 Å². The van der Waals surface area contributed by atoms with Gasteiger partial charge in [-0.2, -0.15) is 0 Å². The van der Waals surface area contributed by atoms with Crippen LogP contribution in [0.15, 0.2) is 54.6 Å². The van der Waals surface area contributed by atoms with Gasteiger partial charge in [-0.25, -0.2) is 4.79 Å². The van der Waals surface area contributed by atoms with Gasteiger partial charge in [0.25, 0.3) is 5.91 Å². The van der Waals surface area contributed by atoms with Crippen LogP contribution < -0.4 is 5.73 Å². The minimum Gasteiger partial charge on any atom is -0.465 e. The Bertz CT molecular complexity index is 1050. The molecule has 0 aliphatic heterocycles. The van der Waals surface area contributed by atoms with Gasteiger partial charge in [0.15, 0.2) is 0 Å². The number of unbranched alkanes of at least 4 members (excludes halogenated alkanes) is 2. The van der Waals surface area contributed by atoms with Crippen molar-refractivity contribution >= 4 is 11.9 Å². The van der Waals surface area contributed by atoms with Crippen LogP contribution in [0.1, 0.15) is 63.9 Å². The van der Waals surface area contributed by atoms with Gasteiger partial charge in [-0.3, -0.25) is 4.79 Å². The number of carbonyl (C=O) groups is 2. The number of nitrogens with two attached hydrogens (primary N) is 1. The van der Waals surface area contributed by atoms with Gasteiger partial charge in [-0.1, -0.05) is 62.2 Å². The topological polar surface area (TPSA) is 74.3 Å². The second-order valence-corrected chi connectivity index (χ2v) is 7.74. The standard InChI is InChI=1S/C26H30N2O3/c1-4-5-7-12-22-24(20-13-15-21(16-14-20)26(30)31-3)23(25(27)29)18(2)28(22)17-19-10-8-6-9-11-19/h6,8-11,13-16H,4-5,7,12,17H2,1-3H3,(H2,27,29). The number of aromatic nitrogens is 1. The van der Waals surface area contributed by atoms with Crippen molar-refractivity contribution in [2.75, 3.05) is 7.11 Å². The zero-order valence-electron chi connectivity index (χ0n) is 18.5. The van der Waals surface area contributed by atoms with Crippen LogP contribution in [-0.4, -0.2) is 23.6 Å². The number of hydrogen-bond acceptors (Lipinski definition) is 3. The van der Waals surface area contributed by atoms with Gasteiger partial charge >= 0.3 is 5.97 Å². The SMILES string of the molecule is CCCCCc1c(-c2ccc(C(=O)OC)cc2)c(C(N)=O)c(C)n1Cc1ccccc1. The third kappa shape index (κ3) is 4.88. The average molecular weight is 419 g/mol. The van der Waals surface area contributed by atoms with Gasteiger partial charge < -0.3 is 15.0 Å². The molecule has 1 amide bonds. The lowest BCUT2D eigenvalue weighted by molar-refractivity contribution is 0.0600. The average Bonchev–Trinajstić information content (AvgIpc) is 3.06. The zero-order valence-corrected chi connectivity index (χ0v) is 18.5. The van der Waals surface area contributed by atoms with Crippen molar-refractivity contribution < 1.29 is 14.3 Å². The first kappa shape index (κ1) is 22.3. The number of methoxy groups -OCH3 is 1. The summed E-state index contributed by atoms with van der Waals surface area (Å²) in [5, 5.41) is 0. The van der Waals surface area contributed by atoms with Crippen LogP contribution in [0.5, 0.6) is 0 Å². The van der Waals surface area contributed by atoms with E-state index in [0.717, 1.165) is 48.2 Å². The Balaban J connectivity index is 2.16. The first-order valence-corrected chi connectivity index (χ1v) is 10.7. The summed E-state index contributed by atoms with van der Waals surface area (Å²) in [7, 11) is 1.36. The van der Waals surface area contributed by atoms with E-state index < -0.39 is 5.91 Å². The molecule has 0 bridgehead atoms. The molecule has 2 aromatic carbocycles. The van der Waals surface area contributed by atoms with E-state index in [1.54, 1.807) is 12.1 Å². The van der Waals surface area contributed by atoms with E-state index >= 15 is 0 Å². The Morgan fingerprint density at radius 3 is 2.26 bits per heavy atom. The highest BCUT2D eigenvalue weighted by Crippen LogP contribution is 2.34. The molecule has 0 fully saturated rings. The number of ether oxygens (including phenoxy) is 1. The maximum absolute atomic E-state index is 12.5. The smallest absolute Gasteiger partial charge is 0.337 e. The Hall–Kier alpha value is -3.34. The van der Waals surface area contributed by atoms with Gasteiger partial charge in [0.1, 0.15) is 0 Å². The summed E-state index contributed by atoms with van der Waals surface area (Å²) in [4.78, 5) is 24.4. The molecular formula is C26H30N2O3. The fraction of sp³-hybridized carbons (Fsp3) is 0.308. The minimum absolute atomic E-state index is 0.386. The summed E-state index contributed by atoms with van der Waals surface area (Å²) in [6.07, 6.45) is 4.11. The van der Waals surface area contributed by atoms with E-state index in [4.69, 9.17) is 10.5 Å². The number of carbonyl (C=O) groups excluding carboxylic acids is 2. The van der Waals surface area contributed by atoms with Crippen molar-refractivity contribution in [2.45, 2.75) is 46.1 Å². The van der Waals surface area contributed by atoms with Crippen LogP contribution in [0.25, 0.3) is 11.1 Å². The number of hydrogen-bond donors (Lipinski definition) is 1. The molecule has 0 aliphatic rings. The summed E-state index contributed by atoms with van der Waals surface area (Å²) in [6.45, 7) is 4.81. The largest absolute Gasteiger partial charge is 0.465 e. The third-order valence-corrected chi connectivity index (χ3v) is 5.67. The van der Waals surface area contributed by atoms with Crippen LogP contribution in [0.2, 0.25) is 0 Å². The summed E-state index contributed by atoms with van der Waals surface area (Å²) in [5.41, 5.74) is 11.8. The van der Waals surface area contributed by atoms with Crippen LogP contribution in [0.3, 0.4) is 0 Å². The molecule has 0 saturated heterocycles. The van der Waals surface area contributed by atoms with Crippen molar-refractivity contribution in [3.05, 3.63) is 82.7 Å². The number of benzene rings is 2. The molecule has 0 atom stereocenters. The van der Waals surface area contributed by atoms with Crippen LogP contribution in [0.4, 0.5) is 0 Å². The molecule has 1 aromatic heterocycles. The van der Waals surface area contributed by atoms with E-state index in [1.807, 2.05) is 37.3 Å². The first-order valence-electron chi connectivity index (χ1n) is 10.7. The zero-order chi connectivity index (χ0) is 22.4. The molecule has 162 valence electrons. The lowest BCUT2D eigenvalue weighted by Crippen LogP contribution is -2.13. The molecule has 5 nitrogen and oxygen atoms in total. The predicted octanol–water partition coefficient (Wildman–Crippen LogP) is 5.13. The number of rotatable bonds is 9. The van der Waals surface area contributed by atoms with E-state index in [1.165, 1.54) is 12.7 Å². The molecular weight excluding hydrogens is 388 g/mol. The highest BCUT2D eigenvalue weighted by molar-refractivity contribution is 6.02. The third-order valence-electron chi connectivity index (χ3n) is 5.67. The minimum atomic E-state index is -0.437. The first-order chi connectivity index (χ1) is 15.0. The quantitative estimate of drug-likeness (QED) is 0.387. The van der Waals surface area contributed by atoms with Crippen molar-refractivity contribution in [1.82, 2.24) is 4.57 Å². The summed E-state index contributed by atoms with van der Waals surface area (Å²) >= 11 is 0. The van der Waals surface area contributed by atoms with Gasteiger partial charge in [0.05, 0.1) is 18.2 Å². The van der Waals surface area contributed by atoms with Crippen molar-refractivity contribution in [2.24, 2.45) is 5.73 Å². The fourth-order valence-electron chi connectivity index (χ4n) is 4.08. The van der Waals surface area contributed by atoms with Crippen LogP contribution in [-0.2, 0) is 17.7 Å². The van der Waals surface area contributed by atoms with Gasteiger partial charge in [-0.15, -0.1) is 0 Å². The molecule has 3 aromatic rings. The van der Waals surface area contributed by atoms with Crippen molar-refractivity contribution in [3.8, 4) is 11.1 Å². The highest BCUT2D eigenvalue weighted by Gasteiger charge is 2.25. The van der Waals surface area contributed by atoms with Gasteiger partial charge in [0.2, 0.25) is 0 Å². The number of nitrogens with zero attached hydrogens (tertiary/aromatic N) is 1. The highest BCUT2D eigenvalue weighted by atomic mass is 16.5. The van der Waals surface area contributed by atoms with E-state index in [2.05, 4.69) is 23.6 Å². The molecule has 31 heavy (non-hydrogen) atoms. The molecule has 5 heteroatoms. The second kappa shape index (κ2) is 10.1. The summed E-state index contributed by atoms with van der Waals surface area (Å²) in [6, 6.07) is 17.4. The lowest BCUT2D eigenvalue weighted by atomic mass is 9.96. The van der Waals surface area contributed by atoms with E-state index in [9.17, 15) is 9.59 Å². The van der Waals surface area contributed by atoms with E-state index in [-0.39, 0.29) is 5.97 Å². The van der Waals surface area contributed by atoms with Gasteiger partial charge in [0, 0.05) is 23.5 Å². The molecule has 1 heterocycles. The number of primary amides is 1. The normalized spacial score (nSPS) is 10.8. The molecule has 0 radical (unpaired) electrons. The van der Waals surface area contributed by atoms with Crippen LogP contribution in [0, 0.1) is 6.92 Å². The molecule has 0 spiro atoms. The summed E-state index contributed by atoms with van der Waals surface area (Å²) in [5.74, 6) is -0.823. The Kier molecular flexibility index (Phi) is 7.29. The Morgan fingerprint density at radius 2 is 1.68 bits per heavy atom. The molecule has 0 unspecified atom stereocenters. The Morgan fingerprint density at radius 1 is 1.00 bits per heavy atom.